The molecular formula is C21H31N3O4. The van der Waals surface area contributed by atoms with Crippen molar-refractivity contribution in [2.45, 2.75) is 44.0 Å². The van der Waals surface area contributed by atoms with Crippen LogP contribution in [-0.4, -0.2) is 80.2 Å². The molecule has 2 N–H and O–H groups in total. The summed E-state index contributed by atoms with van der Waals surface area (Å²) < 4.78 is 10.8. The van der Waals surface area contributed by atoms with Gasteiger partial charge in [0, 0.05) is 51.1 Å². The largest absolute Gasteiger partial charge is 0.392 e. The van der Waals surface area contributed by atoms with Gasteiger partial charge in [0.05, 0.1) is 25.4 Å². The summed E-state index contributed by atoms with van der Waals surface area (Å²) >= 11 is 0. The molecule has 1 aromatic rings. The summed E-state index contributed by atoms with van der Waals surface area (Å²) in [4.78, 5) is 17.3. The lowest BCUT2D eigenvalue weighted by Gasteiger charge is -2.34. The Bertz CT molecular complexity index is 642. The van der Waals surface area contributed by atoms with Crippen LogP contribution in [0.2, 0.25) is 0 Å². The first-order chi connectivity index (χ1) is 13.7. The number of ether oxygens (including phenoxy) is 2. The first-order valence-electron chi connectivity index (χ1n) is 10.4. The van der Waals surface area contributed by atoms with Crippen LogP contribution in [0.25, 0.3) is 0 Å². The van der Waals surface area contributed by atoms with Gasteiger partial charge in [-0.2, -0.15) is 0 Å². The molecule has 4 rings (SSSR count). The molecule has 0 aromatic heterocycles. The Labute approximate surface area is 166 Å². The Morgan fingerprint density at radius 1 is 1.07 bits per heavy atom. The third kappa shape index (κ3) is 4.66. The van der Waals surface area contributed by atoms with Crippen LogP contribution in [0.5, 0.6) is 0 Å². The van der Waals surface area contributed by atoms with E-state index in [9.17, 15) is 9.90 Å². The molecule has 154 valence electrons. The van der Waals surface area contributed by atoms with Crippen LogP contribution in [0.3, 0.4) is 0 Å². The maximum atomic E-state index is 12.8. The van der Waals surface area contributed by atoms with Crippen molar-refractivity contribution >= 4 is 11.6 Å². The fourth-order valence-corrected chi connectivity index (χ4v) is 4.47. The number of anilines is 1. The van der Waals surface area contributed by atoms with E-state index in [0.29, 0.717) is 25.6 Å². The Morgan fingerprint density at radius 3 is 2.46 bits per heavy atom. The SMILES string of the molecule is O=C(NCc1ccc(N2CCOCC2)cc1)[C@@H]1C[C@@H](O)CN1C1CCOCC1. The highest BCUT2D eigenvalue weighted by atomic mass is 16.5. The van der Waals surface area contributed by atoms with E-state index >= 15 is 0 Å². The normalized spacial score (nSPS) is 27.1. The monoisotopic (exact) mass is 389 g/mol. The standard InChI is InChI=1S/C21H31N3O4/c25-19-13-20(24(15-19)18-5-9-27-10-6-18)21(26)22-14-16-1-3-17(4-2-16)23-7-11-28-12-8-23/h1-4,18-20,25H,5-15H2,(H,22,26)/t19-,20+/m1/s1. The van der Waals surface area contributed by atoms with Crippen molar-refractivity contribution in [3.63, 3.8) is 0 Å². The van der Waals surface area contributed by atoms with Crippen molar-refractivity contribution in [2.75, 3.05) is 51.0 Å². The second kappa shape index (κ2) is 9.22. The van der Waals surface area contributed by atoms with Gasteiger partial charge in [-0.15, -0.1) is 0 Å². The Morgan fingerprint density at radius 2 is 1.75 bits per heavy atom. The quantitative estimate of drug-likeness (QED) is 0.774. The second-order valence-electron chi connectivity index (χ2n) is 7.93. The van der Waals surface area contributed by atoms with Crippen LogP contribution in [0.15, 0.2) is 24.3 Å². The van der Waals surface area contributed by atoms with Gasteiger partial charge in [-0.25, -0.2) is 0 Å². The minimum atomic E-state index is -0.425. The predicted octanol–water partition coefficient (Wildman–Crippen LogP) is 0.754. The lowest BCUT2D eigenvalue weighted by molar-refractivity contribution is -0.127. The molecule has 0 bridgehead atoms. The van der Waals surface area contributed by atoms with Crippen LogP contribution < -0.4 is 10.2 Å². The van der Waals surface area contributed by atoms with Crippen molar-refractivity contribution < 1.29 is 19.4 Å². The maximum absolute atomic E-state index is 12.8. The summed E-state index contributed by atoms with van der Waals surface area (Å²) in [7, 11) is 0. The van der Waals surface area contributed by atoms with Crippen LogP contribution >= 0.6 is 0 Å². The summed E-state index contributed by atoms with van der Waals surface area (Å²) in [6.07, 6.45) is 1.95. The van der Waals surface area contributed by atoms with E-state index < -0.39 is 6.10 Å². The van der Waals surface area contributed by atoms with E-state index in [-0.39, 0.29) is 11.9 Å². The third-order valence-electron chi connectivity index (χ3n) is 6.06. The van der Waals surface area contributed by atoms with Crippen LogP contribution in [-0.2, 0) is 20.8 Å². The average molecular weight is 389 g/mol. The molecule has 3 heterocycles. The van der Waals surface area contributed by atoms with Crippen molar-refractivity contribution in [3.8, 4) is 0 Å². The van der Waals surface area contributed by atoms with Crippen LogP contribution in [0, 0.1) is 0 Å². The number of carbonyl (C=O) groups excluding carboxylic acids is 1. The number of aliphatic hydroxyl groups excluding tert-OH is 1. The second-order valence-corrected chi connectivity index (χ2v) is 7.93. The number of hydrogen-bond acceptors (Lipinski definition) is 6. The number of nitrogens with one attached hydrogen (secondary N) is 1. The van der Waals surface area contributed by atoms with Gasteiger partial charge in [0.25, 0.3) is 0 Å². The number of amides is 1. The number of carbonyl (C=O) groups is 1. The van der Waals surface area contributed by atoms with Crippen molar-refractivity contribution in [3.05, 3.63) is 29.8 Å². The van der Waals surface area contributed by atoms with E-state index in [0.717, 1.165) is 57.9 Å². The first kappa shape index (κ1) is 19.6. The molecule has 3 saturated heterocycles. The van der Waals surface area contributed by atoms with Crippen molar-refractivity contribution in [2.24, 2.45) is 0 Å². The molecule has 28 heavy (non-hydrogen) atoms. The van der Waals surface area contributed by atoms with E-state index in [2.05, 4.69) is 39.4 Å². The zero-order chi connectivity index (χ0) is 19.3. The summed E-state index contributed by atoms with van der Waals surface area (Å²) in [5.74, 6) is 0.0142. The molecule has 3 aliphatic rings. The smallest absolute Gasteiger partial charge is 0.237 e. The fourth-order valence-electron chi connectivity index (χ4n) is 4.47. The molecule has 3 fully saturated rings. The molecule has 0 unspecified atom stereocenters. The highest BCUT2D eigenvalue weighted by Gasteiger charge is 2.39. The van der Waals surface area contributed by atoms with Crippen molar-refractivity contribution in [1.82, 2.24) is 10.2 Å². The molecule has 1 aromatic carbocycles. The number of aliphatic hydroxyl groups is 1. The number of hydrogen-bond donors (Lipinski definition) is 2. The van der Waals surface area contributed by atoms with Crippen LogP contribution in [0.4, 0.5) is 5.69 Å². The molecule has 7 nitrogen and oxygen atoms in total. The minimum Gasteiger partial charge on any atom is -0.392 e. The zero-order valence-corrected chi connectivity index (χ0v) is 16.4. The highest BCUT2D eigenvalue weighted by Crippen LogP contribution is 2.26. The average Bonchev–Trinajstić information content (AvgIpc) is 3.15. The lowest BCUT2D eigenvalue weighted by Crippen LogP contribution is -2.49. The molecule has 2 atom stereocenters. The molecule has 0 radical (unpaired) electrons. The fraction of sp³-hybridized carbons (Fsp3) is 0.667. The molecular weight excluding hydrogens is 358 g/mol. The Balaban J connectivity index is 1.31. The molecule has 0 aliphatic carbocycles. The van der Waals surface area contributed by atoms with E-state index in [1.54, 1.807) is 0 Å². The topological polar surface area (TPSA) is 74.3 Å². The predicted molar refractivity (Wildman–Crippen MR) is 106 cm³/mol. The number of likely N-dealkylation sites (tertiary alicyclic amines) is 1. The molecule has 0 spiro atoms. The van der Waals surface area contributed by atoms with Gasteiger partial charge < -0.3 is 24.8 Å². The van der Waals surface area contributed by atoms with Gasteiger partial charge in [-0.05, 0) is 37.0 Å². The number of morpholine rings is 1. The van der Waals surface area contributed by atoms with Crippen LogP contribution in [0.1, 0.15) is 24.8 Å². The number of β-amino-alcohol motifs (C(OH)–C–C–N with tert-alkyl or cyclic N) is 1. The van der Waals surface area contributed by atoms with Gasteiger partial charge in [-0.3, -0.25) is 9.69 Å². The molecule has 1 amide bonds. The summed E-state index contributed by atoms with van der Waals surface area (Å²) in [5, 5.41) is 13.2. The zero-order valence-electron chi connectivity index (χ0n) is 16.4. The van der Waals surface area contributed by atoms with E-state index in [1.165, 1.54) is 5.69 Å². The number of nitrogens with zero attached hydrogens (tertiary/aromatic N) is 2. The third-order valence-corrected chi connectivity index (χ3v) is 6.06. The number of rotatable bonds is 5. The van der Waals surface area contributed by atoms with E-state index in [1.807, 2.05) is 0 Å². The van der Waals surface area contributed by atoms with Gasteiger partial charge in [0.1, 0.15) is 0 Å². The summed E-state index contributed by atoms with van der Waals surface area (Å²) in [5.41, 5.74) is 2.28. The summed E-state index contributed by atoms with van der Waals surface area (Å²) in [6, 6.07) is 8.46. The number of benzene rings is 1. The first-order valence-corrected chi connectivity index (χ1v) is 10.4. The lowest BCUT2D eigenvalue weighted by atomic mass is 10.1. The summed E-state index contributed by atoms with van der Waals surface area (Å²) in [6.45, 7) is 5.95. The minimum absolute atomic E-state index is 0.0142. The Kier molecular flexibility index (Phi) is 6.47. The maximum Gasteiger partial charge on any atom is 0.237 e. The molecule has 3 aliphatic heterocycles. The molecule has 0 saturated carbocycles. The van der Waals surface area contributed by atoms with Crippen molar-refractivity contribution in [1.29, 1.82) is 0 Å². The Hall–Kier alpha value is -1.67. The van der Waals surface area contributed by atoms with E-state index in [4.69, 9.17) is 9.47 Å². The highest BCUT2D eigenvalue weighted by molar-refractivity contribution is 5.82. The van der Waals surface area contributed by atoms with Gasteiger partial charge in [-0.1, -0.05) is 12.1 Å². The molecule has 7 heteroatoms. The van der Waals surface area contributed by atoms with Gasteiger partial charge >= 0.3 is 0 Å². The van der Waals surface area contributed by atoms with Gasteiger partial charge in [0.2, 0.25) is 5.91 Å². The van der Waals surface area contributed by atoms with Gasteiger partial charge in [0.15, 0.2) is 0 Å².